The highest BCUT2D eigenvalue weighted by Crippen LogP contribution is 2.38. The number of hydrogen-bond acceptors (Lipinski definition) is 6. The maximum Gasteiger partial charge on any atom is 0.0701 e. The Labute approximate surface area is 213 Å². The monoisotopic (exact) mass is 509 g/mol. The van der Waals surface area contributed by atoms with Gasteiger partial charge in [-0.3, -0.25) is 0 Å². The number of rotatable bonds is 15. The number of nitrogens with one attached hydrogen (secondary N) is 1. The van der Waals surface area contributed by atoms with Gasteiger partial charge in [0.1, 0.15) is 0 Å². The molecule has 1 aliphatic heterocycles. The highest BCUT2D eigenvalue weighted by Gasteiger charge is 2.27. The highest BCUT2D eigenvalue weighted by molar-refractivity contribution is 6.35. The maximum absolute atomic E-state index is 6.52. The molecule has 34 heavy (non-hydrogen) atoms. The molecule has 3 rings (SSSR count). The first-order valence-corrected chi connectivity index (χ1v) is 12.7. The van der Waals surface area contributed by atoms with E-state index in [1.54, 1.807) is 0 Å². The normalized spacial score (nSPS) is 16.1. The van der Waals surface area contributed by atoms with Crippen LogP contribution in [0, 0.1) is 0 Å². The van der Waals surface area contributed by atoms with E-state index in [4.69, 9.17) is 43.1 Å². The van der Waals surface area contributed by atoms with E-state index in [2.05, 4.69) is 47.6 Å². The molecule has 3 N–H and O–H groups in total. The topological polar surface area (TPSA) is 69.0 Å². The van der Waals surface area contributed by atoms with Crippen molar-refractivity contribution in [2.45, 2.75) is 18.9 Å². The van der Waals surface area contributed by atoms with Crippen molar-refractivity contribution in [1.29, 1.82) is 0 Å². The molecule has 1 unspecified atom stereocenters. The predicted octanol–water partition coefficient (Wildman–Crippen LogP) is 3.71. The third-order valence-electron chi connectivity index (χ3n) is 5.87. The minimum Gasteiger partial charge on any atom is -0.378 e. The zero-order chi connectivity index (χ0) is 24.2. The van der Waals surface area contributed by atoms with Crippen molar-refractivity contribution in [1.82, 2.24) is 10.2 Å². The summed E-state index contributed by atoms with van der Waals surface area (Å²) in [6.45, 7) is 7.62. The molecule has 188 valence electrons. The van der Waals surface area contributed by atoms with Crippen LogP contribution < -0.4 is 11.1 Å². The van der Waals surface area contributed by atoms with E-state index in [-0.39, 0.29) is 5.92 Å². The third-order valence-corrected chi connectivity index (χ3v) is 6.42. The van der Waals surface area contributed by atoms with Gasteiger partial charge in [0, 0.05) is 42.1 Å². The molecule has 2 aromatic rings. The molecular weight excluding hydrogens is 473 g/mol. The third kappa shape index (κ3) is 8.77. The number of ether oxygens (including phenoxy) is 3. The van der Waals surface area contributed by atoms with Crippen molar-refractivity contribution < 1.29 is 14.2 Å². The fraction of sp³-hybridized carbons (Fsp3) is 0.538. The van der Waals surface area contributed by atoms with Gasteiger partial charge in [0.25, 0.3) is 0 Å². The summed E-state index contributed by atoms with van der Waals surface area (Å²) in [5.74, 6) is 0.265. The number of nitrogens with zero attached hydrogens (tertiary/aromatic N) is 1. The average molecular weight is 511 g/mol. The molecule has 0 radical (unpaired) electrons. The molecule has 0 saturated carbocycles. The Hall–Kier alpha value is -1.22. The van der Waals surface area contributed by atoms with Gasteiger partial charge in [-0.15, -0.1) is 0 Å². The first-order valence-electron chi connectivity index (χ1n) is 12.0. The van der Waals surface area contributed by atoms with Crippen LogP contribution in [0.15, 0.2) is 36.4 Å². The molecule has 0 aromatic heterocycles. The van der Waals surface area contributed by atoms with Crippen LogP contribution in [0.3, 0.4) is 0 Å². The molecule has 0 saturated heterocycles. The van der Waals surface area contributed by atoms with Crippen molar-refractivity contribution in [2.75, 3.05) is 72.9 Å². The number of benzene rings is 2. The molecule has 0 amide bonds. The maximum atomic E-state index is 6.52. The Morgan fingerprint density at radius 3 is 2.47 bits per heavy atom. The van der Waals surface area contributed by atoms with Crippen molar-refractivity contribution >= 4 is 23.2 Å². The van der Waals surface area contributed by atoms with E-state index >= 15 is 0 Å². The molecule has 6 nitrogen and oxygen atoms in total. The van der Waals surface area contributed by atoms with Crippen LogP contribution in [0.2, 0.25) is 10.0 Å². The standard InChI is InChI=1S/C26H37Cl2N3O3/c1-31-18-24(23-16-22(27)17-26(28)25(23)19-31)21-4-2-3-20(15-21)5-7-30-8-10-33-12-14-34-13-11-32-9-6-29/h2-4,15-17,24,30H,5-14,18-19,29H2,1H3. The van der Waals surface area contributed by atoms with Crippen LogP contribution in [0.1, 0.15) is 28.2 Å². The van der Waals surface area contributed by atoms with Gasteiger partial charge >= 0.3 is 0 Å². The molecule has 0 spiro atoms. The van der Waals surface area contributed by atoms with Crippen molar-refractivity contribution in [3.63, 3.8) is 0 Å². The summed E-state index contributed by atoms with van der Waals surface area (Å²) in [5, 5.41) is 4.91. The zero-order valence-electron chi connectivity index (χ0n) is 20.0. The summed E-state index contributed by atoms with van der Waals surface area (Å²) in [7, 11) is 2.14. The summed E-state index contributed by atoms with van der Waals surface area (Å²) in [5.41, 5.74) is 10.4. The fourth-order valence-electron chi connectivity index (χ4n) is 4.22. The minimum atomic E-state index is 0.265. The lowest BCUT2D eigenvalue weighted by atomic mass is 9.84. The SMILES string of the molecule is CN1Cc2c(Cl)cc(Cl)cc2C(c2cccc(CCNCCOCCOCCOCCN)c2)C1. The van der Waals surface area contributed by atoms with Gasteiger partial charge in [0.05, 0.1) is 39.6 Å². The molecule has 0 bridgehead atoms. The Morgan fingerprint density at radius 2 is 1.71 bits per heavy atom. The lowest BCUT2D eigenvalue weighted by Crippen LogP contribution is -2.31. The Morgan fingerprint density at radius 1 is 0.971 bits per heavy atom. The average Bonchev–Trinajstić information content (AvgIpc) is 2.82. The second-order valence-electron chi connectivity index (χ2n) is 8.58. The van der Waals surface area contributed by atoms with Crippen LogP contribution in [-0.4, -0.2) is 77.8 Å². The lowest BCUT2D eigenvalue weighted by molar-refractivity contribution is 0.0166. The summed E-state index contributed by atoms with van der Waals surface area (Å²) >= 11 is 12.9. The quantitative estimate of drug-likeness (QED) is 0.356. The van der Waals surface area contributed by atoms with E-state index in [0.29, 0.717) is 51.2 Å². The van der Waals surface area contributed by atoms with Crippen LogP contribution in [-0.2, 0) is 27.2 Å². The Kier molecular flexibility index (Phi) is 12.1. The van der Waals surface area contributed by atoms with E-state index in [9.17, 15) is 0 Å². The molecule has 0 fully saturated rings. The molecule has 1 atom stereocenters. The largest absolute Gasteiger partial charge is 0.378 e. The van der Waals surface area contributed by atoms with Crippen molar-refractivity contribution in [3.05, 3.63) is 68.7 Å². The van der Waals surface area contributed by atoms with Crippen LogP contribution in [0.4, 0.5) is 0 Å². The van der Waals surface area contributed by atoms with Gasteiger partial charge in [-0.1, -0.05) is 47.5 Å². The summed E-state index contributed by atoms with van der Waals surface area (Å²) in [6, 6.07) is 12.8. The van der Waals surface area contributed by atoms with Crippen molar-refractivity contribution in [3.8, 4) is 0 Å². The van der Waals surface area contributed by atoms with Gasteiger partial charge < -0.3 is 30.2 Å². The number of fused-ring (bicyclic) bond motifs is 1. The number of likely N-dealkylation sites (N-methyl/N-ethyl adjacent to an activating group) is 1. The van der Waals surface area contributed by atoms with Crippen LogP contribution >= 0.6 is 23.2 Å². The summed E-state index contributed by atoms with van der Waals surface area (Å²) < 4.78 is 16.3. The lowest BCUT2D eigenvalue weighted by Gasteiger charge is -2.33. The minimum absolute atomic E-state index is 0.265. The Balaban J connectivity index is 1.38. The first kappa shape index (κ1) is 27.4. The fourth-order valence-corrected chi connectivity index (χ4v) is 4.79. The van der Waals surface area contributed by atoms with Crippen LogP contribution in [0.5, 0.6) is 0 Å². The predicted molar refractivity (Wildman–Crippen MR) is 139 cm³/mol. The number of nitrogens with two attached hydrogens (primary N) is 1. The number of halogens is 2. The second-order valence-corrected chi connectivity index (χ2v) is 9.42. The van der Waals surface area contributed by atoms with Gasteiger partial charge in [-0.2, -0.15) is 0 Å². The zero-order valence-corrected chi connectivity index (χ0v) is 21.5. The summed E-state index contributed by atoms with van der Waals surface area (Å²) in [6.07, 6.45) is 0.964. The van der Waals surface area contributed by atoms with E-state index in [0.717, 1.165) is 37.6 Å². The van der Waals surface area contributed by atoms with Gasteiger partial charge in [0.2, 0.25) is 0 Å². The molecule has 2 aromatic carbocycles. The molecule has 1 heterocycles. The van der Waals surface area contributed by atoms with E-state index < -0.39 is 0 Å². The summed E-state index contributed by atoms with van der Waals surface area (Å²) in [4.78, 5) is 2.32. The van der Waals surface area contributed by atoms with E-state index in [1.165, 1.54) is 22.3 Å². The van der Waals surface area contributed by atoms with Crippen LogP contribution in [0.25, 0.3) is 0 Å². The molecule has 8 heteroatoms. The highest BCUT2D eigenvalue weighted by atomic mass is 35.5. The second kappa shape index (κ2) is 15.0. The first-order chi connectivity index (χ1) is 16.6. The van der Waals surface area contributed by atoms with Gasteiger partial charge in [-0.25, -0.2) is 0 Å². The van der Waals surface area contributed by atoms with Gasteiger partial charge in [-0.05, 0) is 54.4 Å². The van der Waals surface area contributed by atoms with E-state index in [1.807, 2.05) is 6.07 Å². The molecule has 1 aliphatic rings. The Bertz CT molecular complexity index is 884. The smallest absolute Gasteiger partial charge is 0.0701 e. The van der Waals surface area contributed by atoms with Gasteiger partial charge in [0.15, 0.2) is 0 Å². The van der Waals surface area contributed by atoms with Crippen molar-refractivity contribution in [2.24, 2.45) is 5.73 Å². The number of hydrogen-bond donors (Lipinski definition) is 2. The molecule has 0 aliphatic carbocycles. The molecular formula is C26H37Cl2N3O3.